The minimum Gasteiger partial charge on any atom is -0.497 e. The molecule has 0 unspecified atom stereocenters. The molecule has 1 saturated heterocycles. The Hall–Kier alpha value is -3.31. The van der Waals surface area contributed by atoms with Gasteiger partial charge in [-0.3, -0.25) is 9.59 Å². The van der Waals surface area contributed by atoms with Crippen molar-refractivity contribution in [1.29, 1.82) is 0 Å². The Labute approximate surface area is 217 Å². The number of ether oxygens (including phenoxy) is 3. The maximum atomic E-state index is 13.2. The Morgan fingerprint density at radius 2 is 1.73 bits per heavy atom. The summed E-state index contributed by atoms with van der Waals surface area (Å²) in [6.07, 6.45) is 1.60. The van der Waals surface area contributed by atoms with Gasteiger partial charge in [0.2, 0.25) is 22.7 Å². The van der Waals surface area contributed by atoms with E-state index < -0.39 is 22.0 Å². The number of sulfonamides is 1. The topological polar surface area (TPSA) is 123 Å². The van der Waals surface area contributed by atoms with Crippen molar-refractivity contribution < 1.29 is 32.2 Å². The average Bonchev–Trinajstić information content (AvgIpc) is 3.39. The van der Waals surface area contributed by atoms with E-state index in [0.717, 1.165) is 6.42 Å². The van der Waals surface area contributed by atoms with Crippen LogP contribution in [0.5, 0.6) is 17.2 Å². The third kappa shape index (κ3) is 5.99. The van der Waals surface area contributed by atoms with E-state index in [1.54, 1.807) is 30.3 Å². The van der Waals surface area contributed by atoms with Crippen molar-refractivity contribution in [2.24, 2.45) is 5.92 Å². The fourth-order valence-electron chi connectivity index (χ4n) is 4.44. The number of hydrogen-bond donors (Lipinski definition) is 2. The standard InChI is InChI=1S/C26H33N3O7S/c1-4-17(2)27-26(31)24(28-25(30)19-5-10-22-23(15-19)36-16-35-22)18-11-13-29(14-12-18)37(32,33)21-8-6-20(34-3)7-9-21/h5-10,15,17-18,24H,4,11-14,16H2,1-3H3,(H,27,31)(H,28,30)/t17-,24+/m1/s1. The second-order valence-electron chi connectivity index (χ2n) is 9.25. The predicted octanol–water partition coefficient (Wildman–Crippen LogP) is 2.54. The molecule has 2 aliphatic heterocycles. The summed E-state index contributed by atoms with van der Waals surface area (Å²) in [6, 6.07) is 10.3. The lowest BCUT2D eigenvalue weighted by Crippen LogP contribution is -2.55. The molecule has 2 aliphatic rings. The summed E-state index contributed by atoms with van der Waals surface area (Å²) < 4.78 is 43.5. The lowest BCUT2D eigenvalue weighted by Gasteiger charge is -2.35. The van der Waals surface area contributed by atoms with E-state index in [9.17, 15) is 18.0 Å². The molecule has 0 saturated carbocycles. The summed E-state index contributed by atoms with van der Waals surface area (Å²) in [7, 11) is -2.17. The molecule has 2 aromatic carbocycles. The summed E-state index contributed by atoms with van der Waals surface area (Å²) in [5.74, 6) is 0.699. The molecule has 2 amide bonds. The van der Waals surface area contributed by atoms with E-state index in [2.05, 4.69) is 10.6 Å². The molecule has 0 bridgehead atoms. The molecular weight excluding hydrogens is 498 g/mol. The van der Waals surface area contributed by atoms with Crippen LogP contribution >= 0.6 is 0 Å². The minimum absolute atomic E-state index is 0.0621. The number of nitrogens with one attached hydrogen (secondary N) is 2. The average molecular weight is 532 g/mol. The quantitative estimate of drug-likeness (QED) is 0.510. The molecule has 0 radical (unpaired) electrons. The molecule has 0 aromatic heterocycles. The van der Waals surface area contributed by atoms with Crippen LogP contribution in [-0.4, -0.2) is 63.6 Å². The largest absolute Gasteiger partial charge is 0.497 e. The monoisotopic (exact) mass is 531 g/mol. The normalized spacial score (nSPS) is 17.6. The zero-order valence-corrected chi connectivity index (χ0v) is 22.0. The maximum absolute atomic E-state index is 13.2. The molecule has 4 rings (SSSR count). The van der Waals surface area contributed by atoms with Crippen molar-refractivity contribution in [3.05, 3.63) is 48.0 Å². The van der Waals surface area contributed by atoms with Crippen molar-refractivity contribution in [2.45, 2.75) is 50.1 Å². The second kappa shape index (κ2) is 11.4. The lowest BCUT2D eigenvalue weighted by molar-refractivity contribution is -0.125. The van der Waals surface area contributed by atoms with Gasteiger partial charge in [0.15, 0.2) is 11.5 Å². The highest BCUT2D eigenvalue weighted by Gasteiger charge is 2.37. The highest BCUT2D eigenvalue weighted by atomic mass is 32.2. The van der Waals surface area contributed by atoms with Gasteiger partial charge in [0.1, 0.15) is 11.8 Å². The van der Waals surface area contributed by atoms with Gasteiger partial charge in [-0.25, -0.2) is 8.42 Å². The van der Waals surface area contributed by atoms with E-state index >= 15 is 0 Å². The van der Waals surface area contributed by atoms with Crippen molar-refractivity contribution in [3.63, 3.8) is 0 Å². The molecule has 10 nitrogen and oxygen atoms in total. The van der Waals surface area contributed by atoms with Gasteiger partial charge in [-0.1, -0.05) is 6.92 Å². The first kappa shape index (κ1) is 26.7. The number of piperidine rings is 1. The summed E-state index contributed by atoms with van der Waals surface area (Å²) in [5.41, 5.74) is 0.352. The lowest BCUT2D eigenvalue weighted by atomic mass is 9.89. The van der Waals surface area contributed by atoms with E-state index in [1.807, 2.05) is 13.8 Å². The number of methoxy groups -OCH3 is 1. The zero-order valence-electron chi connectivity index (χ0n) is 21.2. The van der Waals surface area contributed by atoms with Crippen LogP contribution in [0.2, 0.25) is 0 Å². The third-order valence-corrected chi connectivity index (χ3v) is 8.78. The number of fused-ring (bicyclic) bond motifs is 1. The van der Waals surface area contributed by atoms with E-state index in [-0.39, 0.29) is 42.6 Å². The number of hydrogen-bond acceptors (Lipinski definition) is 7. The van der Waals surface area contributed by atoms with Crippen LogP contribution in [0.4, 0.5) is 0 Å². The molecule has 11 heteroatoms. The summed E-state index contributed by atoms with van der Waals surface area (Å²) in [4.78, 5) is 26.5. The molecule has 200 valence electrons. The van der Waals surface area contributed by atoms with Crippen LogP contribution in [0.25, 0.3) is 0 Å². The highest BCUT2D eigenvalue weighted by Crippen LogP contribution is 2.33. The van der Waals surface area contributed by atoms with Gasteiger partial charge in [-0.2, -0.15) is 4.31 Å². The second-order valence-corrected chi connectivity index (χ2v) is 11.2. The molecule has 0 spiro atoms. The summed E-state index contributed by atoms with van der Waals surface area (Å²) >= 11 is 0. The Morgan fingerprint density at radius 1 is 1.05 bits per heavy atom. The van der Waals surface area contributed by atoms with E-state index in [0.29, 0.717) is 35.7 Å². The van der Waals surface area contributed by atoms with Crippen LogP contribution in [0.1, 0.15) is 43.5 Å². The maximum Gasteiger partial charge on any atom is 0.252 e. The molecule has 37 heavy (non-hydrogen) atoms. The molecule has 2 aromatic rings. The third-order valence-electron chi connectivity index (χ3n) is 6.87. The highest BCUT2D eigenvalue weighted by molar-refractivity contribution is 7.89. The fraction of sp³-hybridized carbons (Fsp3) is 0.462. The van der Waals surface area contributed by atoms with Gasteiger partial charge in [0, 0.05) is 24.7 Å². The summed E-state index contributed by atoms with van der Waals surface area (Å²) in [5, 5.41) is 5.85. The van der Waals surface area contributed by atoms with Crippen LogP contribution in [0.15, 0.2) is 47.4 Å². The smallest absolute Gasteiger partial charge is 0.252 e. The molecule has 1 fully saturated rings. The van der Waals surface area contributed by atoms with Crippen LogP contribution in [0, 0.1) is 5.92 Å². The number of rotatable bonds is 9. The predicted molar refractivity (Wildman–Crippen MR) is 136 cm³/mol. The Morgan fingerprint density at radius 3 is 2.38 bits per heavy atom. The number of nitrogens with zero attached hydrogens (tertiary/aromatic N) is 1. The Kier molecular flexibility index (Phi) is 8.23. The van der Waals surface area contributed by atoms with Crippen molar-refractivity contribution in [3.8, 4) is 17.2 Å². The molecular formula is C26H33N3O7S. The van der Waals surface area contributed by atoms with Crippen LogP contribution < -0.4 is 24.8 Å². The molecule has 2 N–H and O–H groups in total. The van der Waals surface area contributed by atoms with Crippen LogP contribution in [0.3, 0.4) is 0 Å². The van der Waals surface area contributed by atoms with Gasteiger partial charge in [0.05, 0.1) is 12.0 Å². The first-order valence-corrected chi connectivity index (χ1v) is 13.8. The Balaban J connectivity index is 1.47. The van der Waals surface area contributed by atoms with E-state index in [1.165, 1.54) is 23.5 Å². The fourth-order valence-corrected chi connectivity index (χ4v) is 5.91. The zero-order chi connectivity index (χ0) is 26.6. The minimum atomic E-state index is -3.69. The van der Waals surface area contributed by atoms with Crippen molar-refractivity contribution >= 4 is 21.8 Å². The number of amides is 2. The van der Waals surface area contributed by atoms with Crippen LogP contribution in [-0.2, 0) is 14.8 Å². The van der Waals surface area contributed by atoms with Gasteiger partial charge in [-0.05, 0) is 74.6 Å². The first-order chi connectivity index (χ1) is 17.7. The molecule has 0 aliphatic carbocycles. The first-order valence-electron chi connectivity index (χ1n) is 12.4. The SMILES string of the molecule is CC[C@@H](C)NC(=O)[C@@H](NC(=O)c1ccc2c(c1)OCO2)C1CCN(S(=O)(=O)c2ccc(OC)cc2)CC1. The number of carbonyl (C=O) groups is 2. The van der Waals surface area contributed by atoms with Gasteiger partial charge < -0.3 is 24.8 Å². The number of benzene rings is 2. The number of carbonyl (C=O) groups excluding carboxylic acids is 2. The van der Waals surface area contributed by atoms with Gasteiger partial charge >= 0.3 is 0 Å². The molecule has 2 atom stereocenters. The van der Waals surface area contributed by atoms with Gasteiger partial charge in [-0.15, -0.1) is 0 Å². The Bertz CT molecular complexity index is 1230. The summed E-state index contributed by atoms with van der Waals surface area (Å²) in [6.45, 7) is 4.45. The van der Waals surface area contributed by atoms with Crippen molar-refractivity contribution in [1.82, 2.24) is 14.9 Å². The van der Waals surface area contributed by atoms with Gasteiger partial charge in [0.25, 0.3) is 5.91 Å². The van der Waals surface area contributed by atoms with Crippen molar-refractivity contribution in [2.75, 3.05) is 27.0 Å². The molecule has 2 heterocycles. The van der Waals surface area contributed by atoms with E-state index in [4.69, 9.17) is 14.2 Å².